The third-order valence-electron chi connectivity index (χ3n) is 3.16. The van der Waals surface area contributed by atoms with Crippen molar-refractivity contribution in [2.24, 2.45) is 0 Å². The lowest BCUT2D eigenvalue weighted by Gasteiger charge is -2.09. The van der Waals surface area contributed by atoms with Gasteiger partial charge in [-0.05, 0) is 24.3 Å². The zero-order chi connectivity index (χ0) is 14.7. The van der Waals surface area contributed by atoms with Crippen molar-refractivity contribution in [3.63, 3.8) is 0 Å². The highest BCUT2D eigenvalue weighted by Gasteiger charge is 2.04. The summed E-state index contributed by atoms with van der Waals surface area (Å²) in [6.45, 7) is 0.573. The Kier molecular flexibility index (Phi) is 3.87. The molecule has 3 nitrogen and oxygen atoms in total. The minimum atomic E-state index is -0.127. The van der Waals surface area contributed by atoms with Crippen molar-refractivity contribution in [2.75, 3.05) is 6.61 Å². The summed E-state index contributed by atoms with van der Waals surface area (Å²) in [5.74, 6) is 5.55. The Bertz CT molecular complexity index is 896. The van der Waals surface area contributed by atoms with Crippen LogP contribution in [0, 0.1) is 11.8 Å². The van der Waals surface area contributed by atoms with Crippen molar-refractivity contribution in [3.8, 4) is 11.8 Å². The van der Waals surface area contributed by atoms with E-state index in [2.05, 4.69) is 16.4 Å². The summed E-state index contributed by atoms with van der Waals surface area (Å²) in [6, 6.07) is 13.2. The molecule has 3 aromatic rings. The predicted octanol–water partition coefficient (Wildman–Crippen LogP) is 2.46. The molecule has 2 aromatic heterocycles. The highest BCUT2D eigenvalue weighted by molar-refractivity contribution is 7.12. The molecule has 0 fully saturated rings. The van der Waals surface area contributed by atoms with Crippen LogP contribution in [-0.2, 0) is 6.54 Å². The largest absolute Gasteiger partial charge is 0.384 e. The van der Waals surface area contributed by atoms with E-state index in [1.165, 1.54) is 0 Å². The third kappa shape index (κ3) is 2.89. The van der Waals surface area contributed by atoms with Crippen LogP contribution in [-0.4, -0.2) is 16.3 Å². The number of benzene rings is 1. The van der Waals surface area contributed by atoms with Crippen molar-refractivity contribution in [1.29, 1.82) is 0 Å². The molecule has 0 amide bonds. The van der Waals surface area contributed by atoms with Gasteiger partial charge >= 0.3 is 0 Å². The fourth-order valence-corrected chi connectivity index (χ4v) is 3.10. The van der Waals surface area contributed by atoms with Crippen molar-refractivity contribution >= 4 is 22.2 Å². The van der Waals surface area contributed by atoms with E-state index >= 15 is 0 Å². The normalized spacial score (nSPS) is 10.3. The van der Waals surface area contributed by atoms with Crippen LogP contribution in [0.2, 0.25) is 0 Å². The summed E-state index contributed by atoms with van der Waals surface area (Å²) in [7, 11) is 0. The molecule has 1 N–H and O–H groups in total. The lowest BCUT2D eigenvalue weighted by molar-refractivity contribution is 0.350. The van der Waals surface area contributed by atoms with Crippen LogP contribution in [0.1, 0.15) is 9.75 Å². The van der Waals surface area contributed by atoms with Crippen LogP contribution in [0.3, 0.4) is 0 Å². The molecular formula is C17H13NO2S. The second kappa shape index (κ2) is 5.96. The number of rotatable bonds is 2. The van der Waals surface area contributed by atoms with Crippen LogP contribution < -0.4 is 5.43 Å². The molecule has 0 saturated heterocycles. The Balaban J connectivity index is 1.97. The molecule has 0 aliphatic rings. The maximum absolute atomic E-state index is 11.9. The Morgan fingerprint density at radius 3 is 2.86 bits per heavy atom. The molecule has 4 heteroatoms. The number of pyridine rings is 1. The lowest BCUT2D eigenvalue weighted by Crippen LogP contribution is -2.07. The highest BCUT2D eigenvalue weighted by atomic mass is 32.1. The van der Waals surface area contributed by atoms with Gasteiger partial charge in [0.25, 0.3) is 0 Å². The summed E-state index contributed by atoms with van der Waals surface area (Å²) in [5, 5.41) is 9.44. The van der Waals surface area contributed by atoms with Gasteiger partial charge in [-0.2, -0.15) is 0 Å². The number of fused-ring (bicyclic) bond motifs is 1. The number of hydrogen-bond donors (Lipinski definition) is 1. The van der Waals surface area contributed by atoms with Gasteiger partial charge in [0.1, 0.15) is 6.61 Å². The van der Waals surface area contributed by atoms with E-state index in [0.29, 0.717) is 6.54 Å². The van der Waals surface area contributed by atoms with E-state index in [-0.39, 0.29) is 12.0 Å². The first-order valence-corrected chi connectivity index (χ1v) is 7.36. The summed E-state index contributed by atoms with van der Waals surface area (Å²) >= 11 is 1.60. The summed E-state index contributed by atoms with van der Waals surface area (Å²) in [4.78, 5) is 13.9. The number of aliphatic hydroxyl groups excluding tert-OH is 1. The molecule has 0 spiro atoms. The smallest absolute Gasteiger partial charge is 0.189 e. The lowest BCUT2D eigenvalue weighted by atomic mass is 10.2. The molecule has 0 radical (unpaired) electrons. The first-order valence-electron chi connectivity index (χ1n) is 6.54. The van der Waals surface area contributed by atoms with Crippen LogP contribution in [0.5, 0.6) is 0 Å². The average molecular weight is 295 g/mol. The highest BCUT2D eigenvalue weighted by Crippen LogP contribution is 2.18. The monoisotopic (exact) mass is 295 g/mol. The third-order valence-corrected chi connectivity index (χ3v) is 4.15. The van der Waals surface area contributed by atoms with Crippen molar-refractivity contribution in [1.82, 2.24) is 4.57 Å². The molecule has 0 aliphatic heterocycles. The number of hydrogen-bond acceptors (Lipinski definition) is 3. The van der Waals surface area contributed by atoms with Gasteiger partial charge in [-0.1, -0.05) is 24.0 Å². The van der Waals surface area contributed by atoms with Gasteiger partial charge in [0.2, 0.25) is 0 Å². The van der Waals surface area contributed by atoms with Gasteiger partial charge in [0.15, 0.2) is 5.43 Å². The van der Waals surface area contributed by atoms with Gasteiger partial charge in [0, 0.05) is 22.5 Å². The summed E-state index contributed by atoms with van der Waals surface area (Å²) in [6.07, 6.45) is 1.82. The van der Waals surface area contributed by atoms with Crippen LogP contribution >= 0.6 is 11.3 Å². The zero-order valence-corrected chi connectivity index (χ0v) is 12.1. The van der Waals surface area contributed by atoms with E-state index in [1.807, 2.05) is 42.6 Å². The molecule has 0 saturated carbocycles. The number of nitrogens with zero attached hydrogens (tertiary/aromatic N) is 1. The average Bonchev–Trinajstić information content (AvgIpc) is 2.96. The van der Waals surface area contributed by atoms with Gasteiger partial charge in [-0.25, -0.2) is 0 Å². The zero-order valence-electron chi connectivity index (χ0n) is 11.2. The maximum Gasteiger partial charge on any atom is 0.189 e. The Hall–Kier alpha value is -2.35. The fraction of sp³-hybridized carbons (Fsp3) is 0.118. The second-order valence-electron chi connectivity index (χ2n) is 4.55. The molecule has 104 valence electrons. The quantitative estimate of drug-likeness (QED) is 0.738. The van der Waals surface area contributed by atoms with Crippen molar-refractivity contribution in [2.45, 2.75) is 6.54 Å². The standard InChI is InChI=1S/C17H13NO2S/c19-11-3-4-13-7-8-14(21-13)12-18-10-9-17(20)15-5-1-2-6-16(15)18/h1-2,5-10,19H,11-12H2. The van der Waals surface area contributed by atoms with Gasteiger partial charge in [-0.15, -0.1) is 11.3 Å². The SMILES string of the molecule is O=c1ccn(Cc2ccc(C#CCO)s2)c2ccccc12. The van der Waals surface area contributed by atoms with E-state index < -0.39 is 0 Å². The topological polar surface area (TPSA) is 42.2 Å². The molecular weight excluding hydrogens is 282 g/mol. The predicted molar refractivity (Wildman–Crippen MR) is 85.6 cm³/mol. The minimum absolute atomic E-state index is 0.0440. The van der Waals surface area contributed by atoms with Gasteiger partial charge in [0.05, 0.1) is 16.9 Å². The minimum Gasteiger partial charge on any atom is -0.384 e. The van der Waals surface area contributed by atoms with Crippen molar-refractivity contribution < 1.29 is 5.11 Å². The van der Waals surface area contributed by atoms with E-state index in [4.69, 9.17) is 5.11 Å². The Morgan fingerprint density at radius 1 is 1.14 bits per heavy atom. The van der Waals surface area contributed by atoms with Crippen LogP contribution in [0.25, 0.3) is 10.9 Å². The first-order chi connectivity index (χ1) is 10.3. The Morgan fingerprint density at radius 2 is 2.00 bits per heavy atom. The van der Waals surface area contributed by atoms with Crippen molar-refractivity contribution in [3.05, 3.63) is 68.6 Å². The number of aromatic nitrogens is 1. The molecule has 0 bridgehead atoms. The molecule has 21 heavy (non-hydrogen) atoms. The number of para-hydroxylation sites is 1. The van der Waals surface area contributed by atoms with Crippen LogP contribution in [0.4, 0.5) is 0 Å². The molecule has 0 atom stereocenters. The molecule has 2 heterocycles. The first kappa shape index (κ1) is 13.6. The summed E-state index contributed by atoms with van der Waals surface area (Å²) in [5.41, 5.74) is 0.976. The molecule has 1 aromatic carbocycles. The van der Waals surface area contributed by atoms with Gasteiger partial charge in [-0.3, -0.25) is 4.79 Å². The number of aliphatic hydroxyl groups is 1. The maximum atomic E-state index is 11.9. The van der Waals surface area contributed by atoms with Crippen LogP contribution in [0.15, 0.2) is 53.5 Å². The Labute approximate surface area is 126 Å². The number of thiophene rings is 1. The fourth-order valence-electron chi connectivity index (χ4n) is 2.22. The van der Waals surface area contributed by atoms with E-state index in [0.717, 1.165) is 20.7 Å². The summed E-state index contributed by atoms with van der Waals surface area (Å²) < 4.78 is 2.06. The van der Waals surface area contributed by atoms with E-state index in [9.17, 15) is 4.79 Å². The van der Waals surface area contributed by atoms with E-state index in [1.54, 1.807) is 17.4 Å². The van der Waals surface area contributed by atoms with Gasteiger partial charge < -0.3 is 9.67 Å². The second-order valence-corrected chi connectivity index (χ2v) is 5.72. The molecule has 0 unspecified atom stereocenters. The molecule has 3 rings (SSSR count). The molecule has 0 aliphatic carbocycles.